The third-order valence-corrected chi connectivity index (χ3v) is 4.68. The molecule has 1 fully saturated rings. The van der Waals surface area contributed by atoms with E-state index in [0.717, 1.165) is 42.9 Å². The first-order valence-corrected chi connectivity index (χ1v) is 8.62. The Balaban J connectivity index is 1.75. The van der Waals surface area contributed by atoms with Crippen LogP contribution in [-0.4, -0.2) is 22.7 Å². The summed E-state index contributed by atoms with van der Waals surface area (Å²) in [5, 5.41) is 7.63. The van der Waals surface area contributed by atoms with Gasteiger partial charge in [0.1, 0.15) is 0 Å². The molecule has 1 saturated carbocycles. The van der Waals surface area contributed by atoms with E-state index in [4.69, 9.17) is 4.52 Å². The molecule has 0 atom stereocenters. The lowest BCUT2D eigenvalue weighted by atomic mass is 9.77. The van der Waals surface area contributed by atoms with Gasteiger partial charge in [0.05, 0.1) is 0 Å². The molecule has 1 aliphatic rings. The maximum Gasteiger partial charge on any atom is 0.226 e. The molecule has 0 unspecified atom stereocenters. The first-order valence-electron chi connectivity index (χ1n) is 8.62. The predicted octanol–water partition coefficient (Wildman–Crippen LogP) is 3.93. The van der Waals surface area contributed by atoms with E-state index < -0.39 is 0 Å². The van der Waals surface area contributed by atoms with Crippen LogP contribution in [0.25, 0.3) is 0 Å². The SMILES string of the molecule is CC(C)NCCCc1nc(C2CCC(C(C)C)CC2)no1. The molecular formula is C17H31N3O. The van der Waals surface area contributed by atoms with Gasteiger partial charge in [0.2, 0.25) is 5.89 Å². The minimum absolute atomic E-state index is 0.520. The lowest BCUT2D eigenvalue weighted by molar-refractivity contribution is 0.251. The number of aromatic nitrogens is 2. The van der Waals surface area contributed by atoms with Crippen LogP contribution >= 0.6 is 0 Å². The van der Waals surface area contributed by atoms with Crippen LogP contribution in [0.15, 0.2) is 4.52 Å². The number of hydrogen-bond acceptors (Lipinski definition) is 4. The highest BCUT2D eigenvalue weighted by Gasteiger charge is 2.27. The van der Waals surface area contributed by atoms with Gasteiger partial charge in [-0.3, -0.25) is 0 Å². The normalized spacial score (nSPS) is 23.1. The quantitative estimate of drug-likeness (QED) is 0.774. The fourth-order valence-corrected chi connectivity index (χ4v) is 3.21. The molecular weight excluding hydrogens is 262 g/mol. The van der Waals surface area contributed by atoms with Crippen LogP contribution < -0.4 is 5.32 Å². The largest absolute Gasteiger partial charge is 0.339 e. The van der Waals surface area contributed by atoms with E-state index >= 15 is 0 Å². The van der Waals surface area contributed by atoms with Crippen LogP contribution in [-0.2, 0) is 6.42 Å². The molecule has 0 radical (unpaired) electrons. The van der Waals surface area contributed by atoms with Crippen molar-refractivity contribution in [3.05, 3.63) is 11.7 Å². The average molecular weight is 293 g/mol. The van der Waals surface area contributed by atoms with Gasteiger partial charge in [-0.15, -0.1) is 0 Å². The van der Waals surface area contributed by atoms with Crippen LogP contribution in [0, 0.1) is 11.8 Å². The van der Waals surface area contributed by atoms with Crippen molar-refractivity contribution in [2.75, 3.05) is 6.54 Å². The Hall–Kier alpha value is -0.900. The fraction of sp³-hybridized carbons (Fsp3) is 0.882. The van der Waals surface area contributed by atoms with Crippen molar-refractivity contribution < 1.29 is 4.52 Å². The third kappa shape index (κ3) is 5.10. The molecule has 1 heterocycles. The number of nitrogens with one attached hydrogen (secondary N) is 1. The Bertz CT molecular complexity index is 406. The summed E-state index contributed by atoms with van der Waals surface area (Å²) in [6.45, 7) is 10.0. The van der Waals surface area contributed by atoms with E-state index in [0.29, 0.717) is 12.0 Å². The maximum absolute atomic E-state index is 5.41. The molecule has 0 aliphatic heterocycles. The minimum Gasteiger partial charge on any atom is -0.339 e. The zero-order valence-corrected chi connectivity index (χ0v) is 14.1. The van der Waals surface area contributed by atoms with Crippen LogP contribution in [0.5, 0.6) is 0 Å². The van der Waals surface area contributed by atoms with E-state index in [-0.39, 0.29) is 0 Å². The second-order valence-corrected chi connectivity index (χ2v) is 7.11. The van der Waals surface area contributed by atoms with Crippen molar-refractivity contribution in [3.63, 3.8) is 0 Å². The lowest BCUT2D eigenvalue weighted by Gasteiger charge is -2.29. The smallest absolute Gasteiger partial charge is 0.226 e. The van der Waals surface area contributed by atoms with Crippen molar-refractivity contribution in [1.29, 1.82) is 0 Å². The Morgan fingerprint density at radius 1 is 1.14 bits per heavy atom. The molecule has 1 aromatic rings. The Kier molecular flexibility index (Phi) is 6.22. The summed E-state index contributed by atoms with van der Waals surface area (Å²) >= 11 is 0. The highest BCUT2D eigenvalue weighted by atomic mass is 16.5. The van der Waals surface area contributed by atoms with E-state index in [2.05, 4.69) is 43.2 Å². The standard InChI is InChI=1S/C17H31N3O/c1-12(2)14-7-9-15(10-8-14)17-19-16(21-20-17)6-5-11-18-13(3)4/h12-15,18H,5-11H2,1-4H3. The Morgan fingerprint density at radius 3 is 2.48 bits per heavy atom. The van der Waals surface area contributed by atoms with Gasteiger partial charge in [0, 0.05) is 18.4 Å². The van der Waals surface area contributed by atoms with Gasteiger partial charge >= 0.3 is 0 Å². The molecule has 4 nitrogen and oxygen atoms in total. The molecule has 4 heteroatoms. The average Bonchev–Trinajstić information content (AvgIpc) is 2.92. The number of hydrogen-bond donors (Lipinski definition) is 1. The Morgan fingerprint density at radius 2 is 1.86 bits per heavy atom. The zero-order valence-electron chi connectivity index (χ0n) is 14.1. The van der Waals surface area contributed by atoms with Crippen molar-refractivity contribution in [1.82, 2.24) is 15.5 Å². The zero-order chi connectivity index (χ0) is 15.2. The van der Waals surface area contributed by atoms with Crippen molar-refractivity contribution in [3.8, 4) is 0 Å². The summed E-state index contributed by atoms with van der Waals surface area (Å²) in [5.41, 5.74) is 0. The summed E-state index contributed by atoms with van der Waals surface area (Å²) in [7, 11) is 0. The number of aryl methyl sites for hydroxylation is 1. The number of rotatable bonds is 7. The first-order chi connectivity index (χ1) is 10.1. The molecule has 1 N–H and O–H groups in total. The molecule has 0 spiro atoms. The monoisotopic (exact) mass is 293 g/mol. The molecule has 1 aliphatic carbocycles. The Labute approximate surface area is 129 Å². The summed E-state index contributed by atoms with van der Waals surface area (Å²) in [4.78, 5) is 4.61. The molecule has 0 amide bonds. The molecule has 1 aromatic heterocycles. The lowest BCUT2D eigenvalue weighted by Crippen LogP contribution is -2.23. The first kappa shape index (κ1) is 16.5. The van der Waals surface area contributed by atoms with E-state index in [1.54, 1.807) is 0 Å². The summed E-state index contributed by atoms with van der Waals surface area (Å²) in [6, 6.07) is 0.541. The second kappa shape index (κ2) is 7.92. The van der Waals surface area contributed by atoms with Gasteiger partial charge in [0.25, 0.3) is 0 Å². The maximum atomic E-state index is 5.41. The molecule has 21 heavy (non-hydrogen) atoms. The van der Waals surface area contributed by atoms with Crippen LogP contribution in [0.1, 0.15) is 77.4 Å². The van der Waals surface area contributed by atoms with E-state index in [1.807, 2.05) is 0 Å². The van der Waals surface area contributed by atoms with Gasteiger partial charge in [-0.05, 0) is 50.5 Å². The topological polar surface area (TPSA) is 51.0 Å². The molecule has 0 bridgehead atoms. The summed E-state index contributed by atoms with van der Waals surface area (Å²) in [5.74, 6) is 3.96. The molecule has 0 saturated heterocycles. The van der Waals surface area contributed by atoms with Gasteiger partial charge in [-0.2, -0.15) is 4.98 Å². The number of nitrogens with zero attached hydrogens (tertiary/aromatic N) is 2. The predicted molar refractivity (Wildman–Crippen MR) is 85.3 cm³/mol. The minimum atomic E-state index is 0.520. The molecule has 120 valence electrons. The molecule has 0 aromatic carbocycles. The van der Waals surface area contributed by atoms with Crippen molar-refractivity contribution in [2.45, 2.75) is 78.2 Å². The van der Waals surface area contributed by atoms with Crippen molar-refractivity contribution in [2.24, 2.45) is 11.8 Å². The summed E-state index contributed by atoms with van der Waals surface area (Å²) in [6.07, 6.45) is 7.00. The van der Waals surface area contributed by atoms with Gasteiger partial charge in [-0.25, -0.2) is 0 Å². The van der Waals surface area contributed by atoms with Crippen LogP contribution in [0.4, 0.5) is 0 Å². The van der Waals surface area contributed by atoms with Crippen LogP contribution in [0.2, 0.25) is 0 Å². The van der Waals surface area contributed by atoms with Crippen LogP contribution in [0.3, 0.4) is 0 Å². The third-order valence-electron chi connectivity index (χ3n) is 4.68. The second-order valence-electron chi connectivity index (χ2n) is 7.11. The van der Waals surface area contributed by atoms with Crippen molar-refractivity contribution >= 4 is 0 Å². The highest BCUT2D eigenvalue weighted by molar-refractivity contribution is 4.98. The fourth-order valence-electron chi connectivity index (χ4n) is 3.21. The van der Waals surface area contributed by atoms with Gasteiger partial charge in [-0.1, -0.05) is 32.9 Å². The summed E-state index contributed by atoms with van der Waals surface area (Å²) < 4.78 is 5.41. The molecule has 2 rings (SSSR count). The van der Waals surface area contributed by atoms with E-state index in [1.165, 1.54) is 25.7 Å². The highest BCUT2D eigenvalue weighted by Crippen LogP contribution is 2.37. The van der Waals surface area contributed by atoms with Gasteiger partial charge < -0.3 is 9.84 Å². The van der Waals surface area contributed by atoms with Gasteiger partial charge in [0.15, 0.2) is 5.82 Å². The van der Waals surface area contributed by atoms with E-state index in [9.17, 15) is 0 Å².